The first-order valence-electron chi connectivity index (χ1n) is 5.80. The lowest BCUT2D eigenvalue weighted by Crippen LogP contribution is -2.25. The van der Waals surface area contributed by atoms with E-state index in [-0.39, 0.29) is 11.3 Å². The van der Waals surface area contributed by atoms with Gasteiger partial charge in [-0.25, -0.2) is 4.39 Å². The van der Waals surface area contributed by atoms with E-state index in [1.165, 1.54) is 4.68 Å². The van der Waals surface area contributed by atoms with Crippen LogP contribution in [0.3, 0.4) is 0 Å². The van der Waals surface area contributed by atoms with Gasteiger partial charge in [-0.2, -0.15) is 0 Å². The Kier molecular flexibility index (Phi) is 3.51. The number of hydrogen-bond donors (Lipinski definition) is 1. The standard InChI is InChI=1S/C13H12FN3O3/c1-8-3-4-9(2)16(8)15-13(18)11-7-10(17(19)20)5-6-12(11)14/h3-7H,1-2H3,(H,15,18). The largest absolute Gasteiger partial charge is 0.273 e. The maximum atomic E-state index is 13.6. The zero-order valence-corrected chi connectivity index (χ0v) is 10.9. The highest BCUT2D eigenvalue weighted by Gasteiger charge is 2.17. The van der Waals surface area contributed by atoms with Crippen LogP contribution in [0.1, 0.15) is 21.7 Å². The van der Waals surface area contributed by atoms with E-state index in [0.29, 0.717) is 0 Å². The van der Waals surface area contributed by atoms with Crippen molar-refractivity contribution in [2.24, 2.45) is 0 Å². The number of rotatable bonds is 3. The van der Waals surface area contributed by atoms with Crippen molar-refractivity contribution in [3.8, 4) is 0 Å². The summed E-state index contributed by atoms with van der Waals surface area (Å²) in [7, 11) is 0. The first kappa shape index (κ1) is 13.7. The molecule has 0 saturated carbocycles. The minimum Gasteiger partial charge on any atom is -0.267 e. The van der Waals surface area contributed by atoms with Gasteiger partial charge in [0.2, 0.25) is 0 Å². The smallest absolute Gasteiger partial charge is 0.267 e. The molecule has 6 nitrogen and oxygen atoms in total. The summed E-state index contributed by atoms with van der Waals surface area (Å²) in [5.74, 6) is -1.55. The molecule has 2 aromatic rings. The van der Waals surface area contributed by atoms with Gasteiger partial charge >= 0.3 is 0 Å². The molecule has 1 amide bonds. The van der Waals surface area contributed by atoms with E-state index in [1.54, 1.807) is 26.0 Å². The average Bonchev–Trinajstić information content (AvgIpc) is 2.70. The second kappa shape index (κ2) is 5.12. The van der Waals surface area contributed by atoms with E-state index in [4.69, 9.17) is 0 Å². The third-order valence-corrected chi connectivity index (χ3v) is 2.89. The predicted molar refractivity (Wildman–Crippen MR) is 70.7 cm³/mol. The molecule has 0 radical (unpaired) electrons. The number of aromatic nitrogens is 1. The number of nitro benzene ring substituents is 1. The molecule has 2 rings (SSSR count). The van der Waals surface area contributed by atoms with Crippen LogP contribution in [0.15, 0.2) is 30.3 Å². The summed E-state index contributed by atoms with van der Waals surface area (Å²) < 4.78 is 15.1. The van der Waals surface area contributed by atoms with Crippen molar-refractivity contribution < 1.29 is 14.1 Å². The quantitative estimate of drug-likeness (QED) is 0.691. The summed E-state index contributed by atoms with van der Waals surface area (Å²) in [6, 6.07) is 6.42. The monoisotopic (exact) mass is 277 g/mol. The number of carbonyl (C=O) groups excluding carboxylic acids is 1. The van der Waals surface area contributed by atoms with E-state index in [2.05, 4.69) is 5.43 Å². The van der Waals surface area contributed by atoms with E-state index in [1.807, 2.05) is 0 Å². The summed E-state index contributed by atoms with van der Waals surface area (Å²) in [6.45, 7) is 3.55. The van der Waals surface area contributed by atoms with Crippen LogP contribution < -0.4 is 5.43 Å². The van der Waals surface area contributed by atoms with Gasteiger partial charge in [0.25, 0.3) is 11.6 Å². The summed E-state index contributed by atoms with van der Waals surface area (Å²) >= 11 is 0. The van der Waals surface area contributed by atoms with Crippen LogP contribution in [0, 0.1) is 29.8 Å². The Balaban J connectivity index is 2.34. The third kappa shape index (κ3) is 2.51. The normalized spacial score (nSPS) is 10.3. The molecule has 0 unspecified atom stereocenters. The number of carbonyl (C=O) groups is 1. The Morgan fingerprint density at radius 1 is 1.25 bits per heavy atom. The van der Waals surface area contributed by atoms with Crippen molar-refractivity contribution >= 4 is 11.6 Å². The lowest BCUT2D eigenvalue weighted by molar-refractivity contribution is -0.384. The SMILES string of the molecule is Cc1ccc(C)n1NC(=O)c1cc([N+](=O)[O-])ccc1F. The van der Waals surface area contributed by atoms with E-state index in [9.17, 15) is 19.3 Å². The maximum absolute atomic E-state index is 13.6. The molecule has 1 aromatic carbocycles. The Morgan fingerprint density at radius 2 is 1.85 bits per heavy atom. The Hall–Kier alpha value is -2.70. The summed E-state index contributed by atoms with van der Waals surface area (Å²) in [6.07, 6.45) is 0. The van der Waals surface area contributed by atoms with Crippen LogP contribution in [0.5, 0.6) is 0 Å². The third-order valence-electron chi connectivity index (χ3n) is 2.89. The molecule has 20 heavy (non-hydrogen) atoms. The highest BCUT2D eigenvalue weighted by molar-refractivity contribution is 6.00. The van der Waals surface area contributed by atoms with Crippen molar-refractivity contribution in [1.29, 1.82) is 0 Å². The first-order chi connectivity index (χ1) is 9.40. The molecule has 104 valence electrons. The van der Waals surface area contributed by atoms with Crippen molar-refractivity contribution in [2.45, 2.75) is 13.8 Å². The van der Waals surface area contributed by atoms with Crippen molar-refractivity contribution in [3.63, 3.8) is 0 Å². The second-order valence-electron chi connectivity index (χ2n) is 4.31. The molecule has 0 bridgehead atoms. The van der Waals surface area contributed by atoms with Gasteiger partial charge in [0.1, 0.15) is 5.82 Å². The number of non-ortho nitro benzene ring substituents is 1. The Morgan fingerprint density at radius 3 is 2.40 bits per heavy atom. The second-order valence-corrected chi connectivity index (χ2v) is 4.31. The van der Waals surface area contributed by atoms with Gasteiger partial charge in [0, 0.05) is 23.5 Å². The molecule has 1 heterocycles. The molecule has 0 aliphatic rings. The minimum absolute atomic E-state index is 0.336. The molecule has 0 saturated heterocycles. The first-order valence-corrected chi connectivity index (χ1v) is 5.80. The summed E-state index contributed by atoms with van der Waals surface area (Å²) in [4.78, 5) is 22.0. The van der Waals surface area contributed by atoms with Gasteiger partial charge in [-0.1, -0.05) is 0 Å². The van der Waals surface area contributed by atoms with Crippen LogP contribution in [0.2, 0.25) is 0 Å². The van der Waals surface area contributed by atoms with Crippen molar-refractivity contribution in [2.75, 3.05) is 5.43 Å². The van der Waals surface area contributed by atoms with Crippen LogP contribution in [-0.4, -0.2) is 15.5 Å². The van der Waals surface area contributed by atoms with Crippen LogP contribution in [-0.2, 0) is 0 Å². The number of nitrogens with zero attached hydrogens (tertiary/aromatic N) is 2. The number of benzene rings is 1. The van der Waals surface area contributed by atoms with E-state index in [0.717, 1.165) is 29.6 Å². The van der Waals surface area contributed by atoms with Gasteiger partial charge in [-0.15, -0.1) is 0 Å². The lowest BCUT2D eigenvalue weighted by Gasteiger charge is -2.11. The molecule has 0 fully saturated rings. The fraction of sp³-hybridized carbons (Fsp3) is 0.154. The number of amides is 1. The summed E-state index contributed by atoms with van der Waals surface area (Å²) in [5.41, 5.74) is 3.32. The molecule has 0 atom stereocenters. The van der Waals surface area contributed by atoms with Gasteiger partial charge in [0.15, 0.2) is 0 Å². The number of nitrogens with one attached hydrogen (secondary N) is 1. The van der Waals surface area contributed by atoms with Gasteiger partial charge in [0.05, 0.1) is 10.5 Å². The number of nitro groups is 1. The van der Waals surface area contributed by atoms with E-state index >= 15 is 0 Å². The molecular weight excluding hydrogens is 265 g/mol. The topological polar surface area (TPSA) is 77.2 Å². The average molecular weight is 277 g/mol. The molecule has 0 aliphatic heterocycles. The molecule has 1 aromatic heterocycles. The van der Waals surface area contributed by atoms with Crippen LogP contribution in [0.25, 0.3) is 0 Å². The summed E-state index contributed by atoms with van der Waals surface area (Å²) in [5, 5.41) is 10.7. The Bertz CT molecular complexity index is 675. The van der Waals surface area contributed by atoms with Crippen molar-refractivity contribution in [3.05, 3.63) is 63.2 Å². The van der Waals surface area contributed by atoms with Crippen LogP contribution in [0.4, 0.5) is 10.1 Å². The number of hydrogen-bond acceptors (Lipinski definition) is 3. The van der Waals surface area contributed by atoms with Gasteiger partial charge < -0.3 is 0 Å². The zero-order valence-electron chi connectivity index (χ0n) is 10.9. The fourth-order valence-corrected chi connectivity index (χ4v) is 1.81. The maximum Gasteiger partial charge on any atom is 0.273 e. The predicted octanol–water partition coefficient (Wildman–Crippen LogP) is 2.54. The molecule has 7 heteroatoms. The van der Waals surface area contributed by atoms with E-state index < -0.39 is 16.6 Å². The highest BCUT2D eigenvalue weighted by atomic mass is 19.1. The Labute approximate surface area is 114 Å². The molecule has 0 aliphatic carbocycles. The zero-order chi connectivity index (χ0) is 14.9. The van der Waals surface area contributed by atoms with Crippen LogP contribution >= 0.6 is 0 Å². The highest BCUT2D eigenvalue weighted by Crippen LogP contribution is 2.17. The minimum atomic E-state index is -0.810. The molecule has 1 N–H and O–H groups in total. The fourth-order valence-electron chi connectivity index (χ4n) is 1.81. The molecular formula is C13H12FN3O3. The van der Waals surface area contributed by atoms with Crippen molar-refractivity contribution in [1.82, 2.24) is 4.68 Å². The number of halogens is 1. The lowest BCUT2D eigenvalue weighted by atomic mass is 10.2. The van der Waals surface area contributed by atoms with Gasteiger partial charge in [-0.3, -0.25) is 25.0 Å². The number of aryl methyl sites for hydroxylation is 2. The molecule has 0 spiro atoms. The van der Waals surface area contributed by atoms with Gasteiger partial charge in [-0.05, 0) is 32.0 Å².